The maximum Gasteiger partial charge on any atom is 0.266 e. The Morgan fingerprint density at radius 1 is 0.935 bits per heavy atom. The molecule has 1 heterocycles. The van der Waals surface area contributed by atoms with Crippen molar-refractivity contribution in [3.05, 3.63) is 93.8 Å². The van der Waals surface area contributed by atoms with Crippen molar-refractivity contribution in [3.63, 3.8) is 0 Å². The third-order valence-corrected chi connectivity index (χ3v) is 5.81. The van der Waals surface area contributed by atoms with E-state index in [4.69, 9.17) is 0 Å². The van der Waals surface area contributed by atoms with Crippen LogP contribution < -0.4 is 10.9 Å². The molecule has 6 heteroatoms. The van der Waals surface area contributed by atoms with Crippen LogP contribution in [0.4, 0.5) is 5.69 Å². The molecule has 0 saturated carbocycles. The van der Waals surface area contributed by atoms with Crippen LogP contribution in [0.15, 0.2) is 76.7 Å². The summed E-state index contributed by atoms with van der Waals surface area (Å²) >= 11 is 1.25. The largest absolute Gasteiger partial charge is 0.325 e. The molecule has 156 valence electrons. The predicted octanol–water partition coefficient (Wildman–Crippen LogP) is 5.04. The number of rotatable bonds is 5. The first-order chi connectivity index (χ1) is 14.9. The molecule has 0 spiro atoms. The minimum absolute atomic E-state index is 0.142. The highest BCUT2D eigenvalue weighted by Gasteiger charge is 2.15. The highest BCUT2D eigenvalue weighted by Crippen LogP contribution is 2.22. The highest BCUT2D eigenvalue weighted by molar-refractivity contribution is 7.99. The van der Waals surface area contributed by atoms with Crippen molar-refractivity contribution < 1.29 is 4.79 Å². The molecule has 0 unspecified atom stereocenters. The normalized spacial score (nSPS) is 10.9. The zero-order valence-electron chi connectivity index (χ0n) is 17.7. The van der Waals surface area contributed by atoms with Gasteiger partial charge >= 0.3 is 0 Å². The zero-order valence-corrected chi connectivity index (χ0v) is 18.5. The Labute approximate surface area is 185 Å². The van der Waals surface area contributed by atoms with Gasteiger partial charge in [0.15, 0.2) is 5.16 Å². The number of fused-ring (bicyclic) bond motifs is 1. The topological polar surface area (TPSA) is 64.0 Å². The Kier molecular flexibility index (Phi) is 5.91. The lowest BCUT2D eigenvalue weighted by molar-refractivity contribution is -0.113. The fourth-order valence-electron chi connectivity index (χ4n) is 3.50. The van der Waals surface area contributed by atoms with E-state index in [2.05, 4.69) is 16.4 Å². The number of benzene rings is 3. The molecule has 0 aliphatic heterocycles. The monoisotopic (exact) mass is 429 g/mol. The van der Waals surface area contributed by atoms with Gasteiger partial charge in [-0.05, 0) is 68.3 Å². The predicted molar refractivity (Wildman–Crippen MR) is 127 cm³/mol. The Bertz CT molecular complexity index is 1310. The fraction of sp³-hybridized carbons (Fsp3) is 0.160. The van der Waals surface area contributed by atoms with E-state index in [-0.39, 0.29) is 17.2 Å². The Hall–Kier alpha value is -3.38. The van der Waals surface area contributed by atoms with Crippen molar-refractivity contribution in [2.45, 2.75) is 25.9 Å². The van der Waals surface area contributed by atoms with E-state index in [1.807, 2.05) is 75.4 Å². The molecule has 0 aliphatic rings. The molecule has 0 saturated heterocycles. The van der Waals surface area contributed by atoms with E-state index in [1.54, 1.807) is 10.6 Å². The summed E-state index contributed by atoms with van der Waals surface area (Å²) in [7, 11) is 0. The van der Waals surface area contributed by atoms with E-state index < -0.39 is 0 Å². The average molecular weight is 430 g/mol. The van der Waals surface area contributed by atoms with Crippen LogP contribution in [0.2, 0.25) is 0 Å². The van der Waals surface area contributed by atoms with Crippen LogP contribution in [0.3, 0.4) is 0 Å². The molecular formula is C25H23N3O2S. The first-order valence-corrected chi connectivity index (χ1v) is 11.0. The van der Waals surface area contributed by atoms with Crippen molar-refractivity contribution in [2.24, 2.45) is 0 Å². The lowest BCUT2D eigenvalue weighted by Crippen LogP contribution is -2.23. The van der Waals surface area contributed by atoms with Gasteiger partial charge in [0, 0.05) is 5.69 Å². The average Bonchev–Trinajstić information content (AvgIpc) is 2.72. The molecule has 0 aliphatic carbocycles. The van der Waals surface area contributed by atoms with E-state index >= 15 is 0 Å². The molecule has 1 amide bonds. The van der Waals surface area contributed by atoms with Crippen LogP contribution >= 0.6 is 11.8 Å². The highest BCUT2D eigenvalue weighted by atomic mass is 32.2. The molecule has 1 aromatic heterocycles. The quantitative estimate of drug-likeness (QED) is 0.356. The number of nitrogens with one attached hydrogen (secondary N) is 1. The van der Waals surface area contributed by atoms with Gasteiger partial charge in [0.25, 0.3) is 5.56 Å². The van der Waals surface area contributed by atoms with Gasteiger partial charge in [-0.15, -0.1) is 0 Å². The minimum atomic E-state index is -0.147. The first-order valence-electron chi connectivity index (χ1n) is 10.0. The van der Waals surface area contributed by atoms with Gasteiger partial charge in [-0.3, -0.25) is 14.2 Å². The maximum atomic E-state index is 13.3. The van der Waals surface area contributed by atoms with Crippen molar-refractivity contribution >= 4 is 34.3 Å². The van der Waals surface area contributed by atoms with Crippen LogP contribution in [0.5, 0.6) is 0 Å². The number of hydrogen-bond acceptors (Lipinski definition) is 4. The summed E-state index contributed by atoms with van der Waals surface area (Å²) in [6.45, 7) is 5.99. The van der Waals surface area contributed by atoms with E-state index in [0.717, 1.165) is 28.1 Å². The number of thioether (sulfide) groups is 1. The van der Waals surface area contributed by atoms with E-state index in [0.29, 0.717) is 16.1 Å². The number of aromatic nitrogens is 2. The SMILES string of the molecule is Cc1ccc(-n2c(SCC(=O)Nc3cc(C)cc(C)c3)nc3ccccc3c2=O)cc1. The van der Waals surface area contributed by atoms with Crippen molar-refractivity contribution in [1.29, 1.82) is 0 Å². The summed E-state index contributed by atoms with van der Waals surface area (Å²) < 4.78 is 1.58. The molecule has 1 N–H and O–H groups in total. The van der Waals surface area contributed by atoms with E-state index in [9.17, 15) is 9.59 Å². The Morgan fingerprint density at radius 2 is 1.61 bits per heavy atom. The standard InChI is InChI=1S/C25H23N3O2S/c1-16-8-10-20(11-9-16)28-24(30)21-6-4-5-7-22(21)27-25(28)31-15-23(29)26-19-13-17(2)12-18(3)14-19/h4-14H,15H2,1-3H3,(H,26,29). The second-order valence-corrected chi connectivity index (χ2v) is 8.54. The second-order valence-electron chi connectivity index (χ2n) is 7.60. The molecular weight excluding hydrogens is 406 g/mol. The number of para-hydroxylation sites is 1. The smallest absolute Gasteiger partial charge is 0.266 e. The summed E-state index contributed by atoms with van der Waals surface area (Å²) in [5.41, 5.74) is 5.25. The van der Waals surface area contributed by atoms with Gasteiger partial charge in [0.1, 0.15) is 0 Å². The Balaban J connectivity index is 1.66. The number of nitrogens with zero attached hydrogens (tertiary/aromatic N) is 2. The molecule has 4 aromatic rings. The van der Waals surface area contributed by atoms with Gasteiger partial charge in [-0.25, -0.2) is 4.98 Å². The second kappa shape index (κ2) is 8.78. The maximum absolute atomic E-state index is 13.3. The summed E-state index contributed by atoms with van der Waals surface area (Å²) in [6, 6.07) is 20.9. The van der Waals surface area contributed by atoms with Gasteiger partial charge < -0.3 is 5.32 Å². The van der Waals surface area contributed by atoms with Gasteiger partial charge in [-0.1, -0.05) is 47.7 Å². The summed E-state index contributed by atoms with van der Waals surface area (Å²) in [5, 5.41) is 3.97. The van der Waals surface area contributed by atoms with Crippen molar-refractivity contribution in [3.8, 4) is 5.69 Å². The molecule has 3 aromatic carbocycles. The molecule has 0 radical (unpaired) electrons. The number of anilines is 1. The van der Waals surface area contributed by atoms with Crippen LogP contribution in [0, 0.1) is 20.8 Å². The van der Waals surface area contributed by atoms with Crippen molar-refractivity contribution in [2.75, 3.05) is 11.1 Å². The van der Waals surface area contributed by atoms with Gasteiger partial charge in [-0.2, -0.15) is 0 Å². The summed E-state index contributed by atoms with van der Waals surface area (Å²) in [4.78, 5) is 30.5. The van der Waals surface area contributed by atoms with Gasteiger partial charge in [0.2, 0.25) is 5.91 Å². The third-order valence-electron chi connectivity index (χ3n) is 4.87. The lowest BCUT2D eigenvalue weighted by atomic mass is 10.1. The molecule has 0 atom stereocenters. The first kappa shape index (κ1) is 20.9. The zero-order chi connectivity index (χ0) is 22.0. The van der Waals surface area contributed by atoms with Crippen LogP contribution in [0.25, 0.3) is 16.6 Å². The summed E-state index contributed by atoms with van der Waals surface area (Å²) in [6.07, 6.45) is 0. The number of carbonyl (C=O) groups excluding carboxylic acids is 1. The number of carbonyl (C=O) groups is 1. The molecule has 0 fully saturated rings. The van der Waals surface area contributed by atoms with Gasteiger partial charge in [0.05, 0.1) is 22.3 Å². The Morgan fingerprint density at radius 3 is 2.32 bits per heavy atom. The van der Waals surface area contributed by atoms with Crippen LogP contribution in [0.1, 0.15) is 16.7 Å². The minimum Gasteiger partial charge on any atom is -0.325 e. The van der Waals surface area contributed by atoms with E-state index in [1.165, 1.54) is 11.8 Å². The van der Waals surface area contributed by atoms with Crippen LogP contribution in [-0.4, -0.2) is 21.2 Å². The fourth-order valence-corrected chi connectivity index (χ4v) is 4.32. The summed E-state index contributed by atoms with van der Waals surface area (Å²) in [5.74, 6) is -0.00301. The number of aryl methyl sites for hydroxylation is 3. The lowest BCUT2D eigenvalue weighted by Gasteiger charge is -2.13. The third kappa shape index (κ3) is 4.70. The molecule has 5 nitrogen and oxygen atoms in total. The molecule has 4 rings (SSSR count). The van der Waals surface area contributed by atoms with Crippen molar-refractivity contribution in [1.82, 2.24) is 9.55 Å². The number of amides is 1. The molecule has 31 heavy (non-hydrogen) atoms. The van der Waals surface area contributed by atoms with Crippen LogP contribution in [-0.2, 0) is 4.79 Å². The number of hydrogen-bond donors (Lipinski definition) is 1. The molecule has 0 bridgehead atoms.